The lowest BCUT2D eigenvalue weighted by Crippen LogP contribution is -1.62. The lowest BCUT2D eigenvalue weighted by Gasteiger charge is -1.79. The number of hydrogen-bond acceptors (Lipinski definition) is 2. The molecule has 0 unspecified atom stereocenters. The van der Waals surface area contributed by atoms with E-state index in [9.17, 15) is 0 Å². The summed E-state index contributed by atoms with van der Waals surface area (Å²) in [6, 6.07) is 3.75. The van der Waals surface area contributed by atoms with Crippen LogP contribution in [0.3, 0.4) is 0 Å². The van der Waals surface area contributed by atoms with Gasteiger partial charge in [0.15, 0.2) is 0 Å². The van der Waals surface area contributed by atoms with E-state index in [-0.39, 0.29) is 0 Å². The SMILES string of the molecule is CI.SCc1ccco1. The summed E-state index contributed by atoms with van der Waals surface area (Å²) >= 11 is 6.13. The molecule has 1 aromatic rings. The van der Waals surface area contributed by atoms with Gasteiger partial charge in [0.25, 0.3) is 0 Å². The number of furan rings is 1. The molecule has 1 aromatic heterocycles. The van der Waals surface area contributed by atoms with Crippen molar-refractivity contribution in [2.75, 3.05) is 4.93 Å². The van der Waals surface area contributed by atoms with Crippen molar-refractivity contribution in [3.8, 4) is 0 Å². The van der Waals surface area contributed by atoms with Gasteiger partial charge in [-0.25, -0.2) is 0 Å². The van der Waals surface area contributed by atoms with Crippen LogP contribution in [0, 0.1) is 0 Å². The van der Waals surface area contributed by atoms with Crippen molar-refractivity contribution in [1.82, 2.24) is 0 Å². The van der Waals surface area contributed by atoms with Crippen LogP contribution in [-0.4, -0.2) is 4.93 Å². The highest BCUT2D eigenvalue weighted by Crippen LogP contribution is 2.01. The largest absolute Gasteiger partial charge is 0.468 e. The highest BCUT2D eigenvalue weighted by atomic mass is 127. The molecule has 0 N–H and O–H groups in total. The molecule has 0 fully saturated rings. The standard InChI is InChI=1S/C5H6OS.CH3I/c7-4-5-2-1-3-6-5;1-2/h1-3,7H,4H2;1H3. The fourth-order valence-corrected chi connectivity index (χ4v) is 0.582. The van der Waals surface area contributed by atoms with Crippen molar-refractivity contribution in [3.05, 3.63) is 24.2 Å². The van der Waals surface area contributed by atoms with Gasteiger partial charge in [-0.05, 0) is 17.1 Å². The van der Waals surface area contributed by atoms with Gasteiger partial charge < -0.3 is 4.42 Å². The fraction of sp³-hybridized carbons (Fsp3) is 0.333. The second-order valence-electron chi connectivity index (χ2n) is 1.24. The lowest BCUT2D eigenvalue weighted by atomic mass is 10.5. The summed E-state index contributed by atoms with van der Waals surface area (Å²) in [5.74, 6) is 1.61. The Labute approximate surface area is 74.4 Å². The van der Waals surface area contributed by atoms with E-state index in [2.05, 4.69) is 35.2 Å². The van der Waals surface area contributed by atoms with E-state index in [0.717, 1.165) is 5.76 Å². The molecule has 0 amide bonds. The van der Waals surface area contributed by atoms with Gasteiger partial charge in [-0.1, -0.05) is 22.6 Å². The molecule has 0 saturated carbocycles. The van der Waals surface area contributed by atoms with Crippen molar-refractivity contribution in [2.45, 2.75) is 5.75 Å². The van der Waals surface area contributed by atoms with Gasteiger partial charge >= 0.3 is 0 Å². The van der Waals surface area contributed by atoms with E-state index < -0.39 is 0 Å². The Morgan fingerprint density at radius 3 is 2.56 bits per heavy atom. The van der Waals surface area contributed by atoms with E-state index in [1.54, 1.807) is 6.26 Å². The molecule has 0 saturated heterocycles. The first kappa shape index (κ1) is 9.36. The molecule has 0 bridgehead atoms. The van der Waals surface area contributed by atoms with Gasteiger partial charge in [0.1, 0.15) is 5.76 Å². The monoisotopic (exact) mass is 256 g/mol. The normalized spacial score (nSPS) is 7.89. The summed E-state index contributed by atoms with van der Waals surface area (Å²) in [7, 11) is 0. The molecule has 9 heavy (non-hydrogen) atoms. The minimum atomic E-state index is 0.688. The van der Waals surface area contributed by atoms with Crippen LogP contribution in [0.25, 0.3) is 0 Å². The van der Waals surface area contributed by atoms with Crippen molar-refractivity contribution >= 4 is 35.2 Å². The number of hydrogen-bond donors (Lipinski definition) is 1. The summed E-state index contributed by atoms with van der Waals surface area (Å²) in [6.45, 7) is 0. The zero-order chi connectivity index (χ0) is 7.11. The highest BCUT2D eigenvalue weighted by Gasteiger charge is 1.85. The molecule has 0 aromatic carbocycles. The summed E-state index contributed by atoms with van der Waals surface area (Å²) in [6.07, 6.45) is 1.64. The zero-order valence-electron chi connectivity index (χ0n) is 5.17. The van der Waals surface area contributed by atoms with Crippen LogP contribution in [0.15, 0.2) is 22.8 Å². The molecule has 0 aliphatic carbocycles. The molecule has 0 aliphatic rings. The van der Waals surface area contributed by atoms with Crippen molar-refractivity contribution in [1.29, 1.82) is 0 Å². The van der Waals surface area contributed by atoms with Crippen LogP contribution >= 0.6 is 35.2 Å². The van der Waals surface area contributed by atoms with Gasteiger partial charge in [0, 0.05) is 5.75 Å². The summed E-state index contributed by atoms with van der Waals surface area (Å²) in [5.41, 5.74) is 0. The maximum absolute atomic E-state index is 4.91. The van der Waals surface area contributed by atoms with Crippen molar-refractivity contribution < 1.29 is 4.42 Å². The smallest absolute Gasteiger partial charge is 0.113 e. The quantitative estimate of drug-likeness (QED) is 0.463. The molecule has 52 valence electrons. The molecule has 0 atom stereocenters. The van der Waals surface area contributed by atoms with Crippen LogP contribution in [-0.2, 0) is 5.75 Å². The molecule has 0 spiro atoms. The van der Waals surface area contributed by atoms with E-state index in [1.165, 1.54) is 0 Å². The lowest BCUT2D eigenvalue weighted by molar-refractivity contribution is 0.531. The average molecular weight is 256 g/mol. The zero-order valence-corrected chi connectivity index (χ0v) is 8.22. The van der Waals surface area contributed by atoms with E-state index in [4.69, 9.17) is 4.42 Å². The van der Waals surface area contributed by atoms with Crippen LogP contribution in [0.4, 0.5) is 0 Å². The van der Waals surface area contributed by atoms with Crippen LogP contribution in [0.5, 0.6) is 0 Å². The summed E-state index contributed by atoms with van der Waals surface area (Å²) in [5, 5.41) is 0. The van der Waals surface area contributed by atoms with Crippen molar-refractivity contribution in [2.24, 2.45) is 0 Å². The van der Waals surface area contributed by atoms with Gasteiger partial charge in [0.05, 0.1) is 6.26 Å². The summed E-state index contributed by atoms with van der Waals surface area (Å²) in [4.78, 5) is 1.97. The van der Waals surface area contributed by atoms with E-state index >= 15 is 0 Å². The Balaban J connectivity index is 0.000000291. The molecule has 1 rings (SSSR count). The second-order valence-corrected chi connectivity index (χ2v) is 1.55. The number of rotatable bonds is 1. The maximum atomic E-state index is 4.91. The predicted molar refractivity (Wildman–Crippen MR) is 51.3 cm³/mol. The maximum Gasteiger partial charge on any atom is 0.113 e. The Hall–Kier alpha value is 0.360. The third kappa shape index (κ3) is 3.86. The van der Waals surface area contributed by atoms with Crippen LogP contribution < -0.4 is 0 Å². The van der Waals surface area contributed by atoms with Gasteiger partial charge in [-0.15, -0.1) is 0 Å². The Morgan fingerprint density at radius 2 is 2.33 bits per heavy atom. The third-order valence-corrected chi connectivity index (χ3v) is 1.05. The average Bonchev–Trinajstić information content (AvgIpc) is 2.43. The van der Waals surface area contributed by atoms with Gasteiger partial charge in [-0.3, -0.25) is 0 Å². The first-order valence-electron chi connectivity index (χ1n) is 2.44. The minimum absolute atomic E-state index is 0.688. The number of halogens is 1. The Bertz CT molecular complexity index is 128. The van der Waals surface area contributed by atoms with Crippen molar-refractivity contribution in [3.63, 3.8) is 0 Å². The predicted octanol–water partition coefficient (Wildman–Crippen LogP) is 2.76. The first-order valence-corrected chi connectivity index (χ1v) is 5.23. The molecule has 1 heterocycles. The second kappa shape index (κ2) is 6.48. The van der Waals surface area contributed by atoms with E-state index in [1.807, 2.05) is 17.1 Å². The molecular weight excluding hydrogens is 247 g/mol. The number of alkyl halides is 1. The highest BCUT2D eigenvalue weighted by molar-refractivity contribution is 14.1. The molecule has 0 radical (unpaired) electrons. The summed E-state index contributed by atoms with van der Waals surface area (Å²) < 4.78 is 4.91. The Kier molecular flexibility index (Phi) is 6.74. The molecular formula is C6H9IOS. The first-order chi connectivity index (χ1) is 4.43. The van der Waals surface area contributed by atoms with Crippen LogP contribution in [0.2, 0.25) is 0 Å². The fourth-order valence-electron chi connectivity index (χ4n) is 0.403. The minimum Gasteiger partial charge on any atom is -0.468 e. The number of thiol groups is 1. The third-order valence-electron chi connectivity index (χ3n) is 0.736. The van der Waals surface area contributed by atoms with E-state index in [0.29, 0.717) is 5.75 Å². The molecule has 3 heteroatoms. The van der Waals surface area contributed by atoms with Crippen LogP contribution in [0.1, 0.15) is 5.76 Å². The molecule has 1 nitrogen and oxygen atoms in total. The topological polar surface area (TPSA) is 13.1 Å². The van der Waals surface area contributed by atoms with Gasteiger partial charge in [-0.2, -0.15) is 12.6 Å². The van der Waals surface area contributed by atoms with Gasteiger partial charge in [0.2, 0.25) is 0 Å². The Morgan fingerprint density at radius 1 is 1.67 bits per heavy atom. The molecule has 0 aliphatic heterocycles.